The number of rotatable bonds is 36. The summed E-state index contributed by atoms with van der Waals surface area (Å²) in [5, 5.41) is 0. The maximum absolute atomic E-state index is 12.9. The zero-order valence-electron chi connectivity index (χ0n) is 41.2. The van der Waals surface area contributed by atoms with Gasteiger partial charge in [0.15, 0.2) is 0 Å². The number of hydrogen-bond donors (Lipinski definition) is 0. The molecule has 2 aromatic carbocycles. The van der Waals surface area contributed by atoms with E-state index >= 15 is 0 Å². The Hall–Kier alpha value is -2.48. The van der Waals surface area contributed by atoms with Gasteiger partial charge in [0, 0.05) is 22.3 Å². The van der Waals surface area contributed by atoms with Crippen molar-refractivity contribution >= 4 is 11.4 Å². The van der Waals surface area contributed by atoms with Crippen molar-refractivity contribution in [2.75, 3.05) is 0 Å². The molecular formula is C58H96N2. The quantitative estimate of drug-likeness (QED) is 0.0483. The predicted octanol–water partition coefficient (Wildman–Crippen LogP) is 19.2. The van der Waals surface area contributed by atoms with Crippen molar-refractivity contribution in [1.29, 1.82) is 0 Å². The first-order valence-electron chi connectivity index (χ1n) is 26.7. The number of hydrogen-bond acceptors (Lipinski definition) is 0. The Labute approximate surface area is 373 Å². The van der Waals surface area contributed by atoms with E-state index in [1.165, 1.54) is 189 Å². The molecule has 0 fully saturated rings. The largest absolute Gasteiger partial charge is 0.493 e. The fourth-order valence-electron chi connectivity index (χ4n) is 10.1. The van der Waals surface area contributed by atoms with Crippen LogP contribution in [-0.4, -0.2) is 4.70 Å². The first-order chi connectivity index (χ1) is 29.4. The summed E-state index contributed by atoms with van der Waals surface area (Å²) in [5.74, 6) is 0. The fourth-order valence-corrected chi connectivity index (χ4v) is 10.1. The predicted molar refractivity (Wildman–Crippen MR) is 267 cm³/mol. The third-order valence-electron chi connectivity index (χ3n) is 13.7. The van der Waals surface area contributed by atoms with Crippen LogP contribution in [0.1, 0.15) is 280 Å². The fraction of sp³-hybridized carbons (Fsp3) is 0.724. The summed E-state index contributed by atoms with van der Waals surface area (Å²) in [5.41, 5.74) is 30.0. The van der Waals surface area contributed by atoms with Gasteiger partial charge < -0.3 is 5.53 Å². The van der Waals surface area contributed by atoms with Gasteiger partial charge in [-0.1, -0.05) is 177 Å². The highest BCUT2D eigenvalue weighted by Gasteiger charge is 2.36. The lowest BCUT2D eigenvalue weighted by Gasteiger charge is -2.20. The zero-order valence-corrected chi connectivity index (χ0v) is 41.2. The summed E-state index contributed by atoms with van der Waals surface area (Å²) >= 11 is 0. The molecule has 2 heteroatoms. The zero-order chi connectivity index (χ0) is 43.4. The van der Waals surface area contributed by atoms with Crippen LogP contribution >= 0.6 is 0 Å². The average Bonchev–Trinajstić information content (AvgIpc) is 3.54. The van der Waals surface area contributed by atoms with Crippen molar-refractivity contribution in [3.8, 4) is 0 Å². The molecule has 1 heterocycles. The Morgan fingerprint density at radius 1 is 0.317 bits per heavy atom. The molecule has 1 aliphatic rings. The lowest BCUT2D eigenvalue weighted by atomic mass is 9.86. The van der Waals surface area contributed by atoms with Crippen LogP contribution in [0.5, 0.6) is 0 Å². The highest BCUT2D eigenvalue weighted by molar-refractivity contribution is 5.83. The van der Waals surface area contributed by atoms with E-state index in [4.69, 9.17) is 0 Å². The third kappa shape index (κ3) is 16.7. The molecule has 0 N–H and O–H groups in total. The second-order valence-corrected chi connectivity index (χ2v) is 18.8. The molecule has 2 aromatic rings. The van der Waals surface area contributed by atoms with E-state index in [2.05, 4.69) is 79.7 Å². The van der Waals surface area contributed by atoms with E-state index in [1.54, 1.807) is 38.1 Å². The van der Waals surface area contributed by atoms with E-state index in [1.807, 2.05) is 0 Å². The second-order valence-electron chi connectivity index (χ2n) is 18.8. The van der Waals surface area contributed by atoms with Crippen LogP contribution in [-0.2, 0) is 38.5 Å². The standard InChI is InChI=1S/C58H96N2/c1-9-17-24-30-36-47-43-51(44-48(37-31-25-18-10-2)54(47)41-34-28-21-13-5)57-53(16-8)56(40-23-15-7)58(60(57)59)52-45-49(38-32-26-19-11-3)55(42-35-29-22-14-6)50(46-52)39-33-27-20-12-4/h43-46H,9-42H2,1-8H3. The third-order valence-corrected chi connectivity index (χ3v) is 13.7. The first-order valence-corrected chi connectivity index (χ1v) is 26.7. The summed E-state index contributed by atoms with van der Waals surface area (Å²) in [6.45, 7) is 18.6. The molecule has 0 unspecified atom stereocenters. The molecule has 0 saturated heterocycles. The number of unbranched alkanes of at least 4 members (excludes halogenated alkanes) is 19. The molecule has 2 nitrogen and oxygen atoms in total. The van der Waals surface area contributed by atoms with Crippen molar-refractivity contribution < 1.29 is 4.70 Å². The van der Waals surface area contributed by atoms with Crippen molar-refractivity contribution in [3.05, 3.63) is 85.5 Å². The van der Waals surface area contributed by atoms with Gasteiger partial charge >= 0.3 is 0 Å². The number of aryl methyl sites for hydroxylation is 4. The second kappa shape index (κ2) is 31.4. The summed E-state index contributed by atoms with van der Waals surface area (Å²) in [6.07, 6.45) is 42.4. The van der Waals surface area contributed by atoms with Gasteiger partial charge in [0.05, 0.1) is 0 Å². The van der Waals surface area contributed by atoms with Crippen LogP contribution in [0.4, 0.5) is 0 Å². The molecule has 0 radical (unpaired) electrons. The molecule has 60 heavy (non-hydrogen) atoms. The van der Waals surface area contributed by atoms with E-state index in [9.17, 15) is 5.53 Å². The molecule has 3 rings (SSSR count). The van der Waals surface area contributed by atoms with Crippen molar-refractivity contribution in [2.45, 2.75) is 274 Å². The minimum atomic E-state index is 0.939. The topological polar surface area (TPSA) is 25.3 Å². The summed E-state index contributed by atoms with van der Waals surface area (Å²) in [4.78, 5) is 0. The van der Waals surface area contributed by atoms with Gasteiger partial charge in [0.2, 0.25) is 11.4 Å². The maximum Gasteiger partial charge on any atom is 0.211 e. The number of allylic oxidation sites excluding steroid dienone is 2. The Morgan fingerprint density at radius 3 is 0.883 bits per heavy atom. The lowest BCUT2D eigenvalue weighted by Crippen LogP contribution is -2.09. The minimum absolute atomic E-state index is 0.939. The smallest absolute Gasteiger partial charge is 0.211 e. The van der Waals surface area contributed by atoms with E-state index in [0.717, 1.165) is 62.8 Å². The Morgan fingerprint density at radius 2 is 0.600 bits per heavy atom. The van der Waals surface area contributed by atoms with Crippen LogP contribution in [0, 0.1) is 0 Å². The van der Waals surface area contributed by atoms with Crippen LogP contribution in [0.25, 0.3) is 16.9 Å². The summed E-state index contributed by atoms with van der Waals surface area (Å²) in [7, 11) is 0. The maximum atomic E-state index is 12.9. The van der Waals surface area contributed by atoms with Crippen LogP contribution in [0.15, 0.2) is 35.4 Å². The van der Waals surface area contributed by atoms with Gasteiger partial charge in [-0.15, -0.1) is 0 Å². The van der Waals surface area contributed by atoms with Gasteiger partial charge in [-0.2, -0.15) is 0 Å². The molecule has 0 bridgehead atoms. The molecule has 0 amide bonds. The molecule has 338 valence electrons. The van der Waals surface area contributed by atoms with Crippen LogP contribution in [0.3, 0.4) is 0 Å². The minimum Gasteiger partial charge on any atom is -0.493 e. The van der Waals surface area contributed by atoms with Crippen LogP contribution < -0.4 is 0 Å². The monoisotopic (exact) mass is 821 g/mol. The van der Waals surface area contributed by atoms with E-state index < -0.39 is 0 Å². The van der Waals surface area contributed by atoms with E-state index in [0.29, 0.717) is 0 Å². The first kappa shape index (κ1) is 51.9. The van der Waals surface area contributed by atoms with Crippen molar-refractivity contribution in [1.82, 2.24) is 0 Å². The molecular weight excluding hydrogens is 725 g/mol. The van der Waals surface area contributed by atoms with E-state index in [-0.39, 0.29) is 0 Å². The molecule has 0 saturated carbocycles. The molecule has 1 aliphatic heterocycles. The summed E-state index contributed by atoms with van der Waals surface area (Å²) < 4.78 is 1.72. The summed E-state index contributed by atoms with van der Waals surface area (Å²) in [6, 6.07) is 10.2. The lowest BCUT2D eigenvalue weighted by molar-refractivity contribution is -0.345. The highest BCUT2D eigenvalue weighted by atomic mass is 15.2. The number of benzene rings is 2. The Kier molecular flexibility index (Phi) is 27.1. The molecule has 0 spiro atoms. The molecule has 0 aromatic heterocycles. The molecule has 0 aliphatic carbocycles. The number of nitrogens with zero attached hydrogens (tertiary/aromatic N) is 2. The van der Waals surface area contributed by atoms with Gasteiger partial charge in [0.25, 0.3) is 0 Å². The average molecular weight is 821 g/mol. The van der Waals surface area contributed by atoms with Crippen LogP contribution in [0.2, 0.25) is 0 Å². The van der Waals surface area contributed by atoms with Gasteiger partial charge in [-0.3, -0.25) is 0 Å². The normalized spacial score (nSPS) is 13.2. The highest BCUT2D eigenvalue weighted by Crippen LogP contribution is 2.45. The Bertz CT molecular complexity index is 1500. The Balaban J connectivity index is 2.26. The van der Waals surface area contributed by atoms with Gasteiger partial charge in [0.1, 0.15) is 0 Å². The van der Waals surface area contributed by atoms with Gasteiger partial charge in [-0.05, 0) is 154 Å². The van der Waals surface area contributed by atoms with Crippen molar-refractivity contribution in [3.63, 3.8) is 0 Å². The van der Waals surface area contributed by atoms with Crippen molar-refractivity contribution in [2.24, 2.45) is 0 Å². The van der Waals surface area contributed by atoms with Gasteiger partial charge in [-0.25, -0.2) is 4.70 Å². The SMILES string of the molecule is CCCCCCc1cc(C2=C(CC)C(CCCC)=C(c3cc(CCCCCC)c(CCCCCC)c(CCCCCC)c3)[N+]2=[N-])cc(CCCCCC)c1CCCCCC. The molecule has 0 atom stereocenters.